The Morgan fingerprint density at radius 2 is 2.14 bits per heavy atom. The lowest BCUT2D eigenvalue weighted by Gasteiger charge is -2.20. The van der Waals surface area contributed by atoms with Crippen LogP contribution in [0.2, 0.25) is 5.02 Å². The number of halogens is 2. The number of nitrogens with zero attached hydrogens (tertiary/aromatic N) is 1. The maximum Gasteiger partial charge on any atom is 0.244 e. The van der Waals surface area contributed by atoms with E-state index in [0.29, 0.717) is 24.4 Å². The number of methoxy groups -OCH3 is 1. The second kappa shape index (κ2) is 8.80. The van der Waals surface area contributed by atoms with Crippen molar-refractivity contribution in [2.24, 2.45) is 0 Å². The van der Waals surface area contributed by atoms with Crippen LogP contribution in [0.5, 0.6) is 11.5 Å². The summed E-state index contributed by atoms with van der Waals surface area (Å²) in [5.74, 6) is -0.0159. The molecule has 0 spiro atoms. The third-order valence-corrected chi connectivity index (χ3v) is 5.32. The lowest BCUT2D eigenvalue weighted by atomic mass is 10.0. The van der Waals surface area contributed by atoms with E-state index in [2.05, 4.69) is 5.32 Å². The number of anilines is 1. The van der Waals surface area contributed by atoms with E-state index in [9.17, 15) is 14.3 Å². The predicted octanol–water partition coefficient (Wildman–Crippen LogP) is 3.91. The first-order valence-electron chi connectivity index (χ1n) is 9.27. The Bertz CT molecular complexity index is 862. The fourth-order valence-corrected chi connectivity index (χ4v) is 3.56. The Balaban J connectivity index is 1.54. The summed E-state index contributed by atoms with van der Waals surface area (Å²) in [6.07, 6.45) is 2.24. The van der Waals surface area contributed by atoms with Crippen molar-refractivity contribution in [3.63, 3.8) is 0 Å². The molecule has 2 aromatic carbocycles. The lowest BCUT2D eigenvalue weighted by molar-refractivity contribution is -0.119. The van der Waals surface area contributed by atoms with Gasteiger partial charge in [0.1, 0.15) is 5.82 Å². The minimum absolute atomic E-state index is 0.0447. The number of aryl methyl sites for hydroxylation is 1. The van der Waals surface area contributed by atoms with E-state index in [4.69, 9.17) is 16.3 Å². The summed E-state index contributed by atoms with van der Waals surface area (Å²) < 4.78 is 18.7. The molecule has 28 heavy (non-hydrogen) atoms. The van der Waals surface area contributed by atoms with Crippen LogP contribution in [0.3, 0.4) is 0 Å². The van der Waals surface area contributed by atoms with Crippen molar-refractivity contribution in [3.05, 3.63) is 52.8 Å². The van der Waals surface area contributed by atoms with Gasteiger partial charge in [-0.2, -0.15) is 0 Å². The smallest absolute Gasteiger partial charge is 0.244 e. The van der Waals surface area contributed by atoms with Crippen LogP contribution in [-0.4, -0.2) is 36.8 Å². The fourth-order valence-electron chi connectivity index (χ4n) is 3.44. The lowest BCUT2D eigenvalue weighted by Crippen LogP contribution is -2.42. The Morgan fingerprint density at radius 3 is 2.82 bits per heavy atom. The van der Waals surface area contributed by atoms with Crippen molar-refractivity contribution in [3.8, 4) is 11.5 Å². The zero-order chi connectivity index (χ0) is 20.3. The van der Waals surface area contributed by atoms with E-state index in [1.54, 1.807) is 23.1 Å². The number of carbonyl (C=O) groups excluding carboxylic acids is 1. The van der Waals surface area contributed by atoms with Gasteiger partial charge in [-0.1, -0.05) is 17.7 Å². The molecule has 150 valence electrons. The molecule has 5 nitrogen and oxygen atoms in total. The summed E-state index contributed by atoms with van der Waals surface area (Å²) in [6, 6.07) is 9.59. The highest BCUT2D eigenvalue weighted by atomic mass is 35.5. The molecule has 2 N–H and O–H groups in total. The Morgan fingerprint density at radius 1 is 1.36 bits per heavy atom. The molecular weight excluding hydrogens is 383 g/mol. The number of aromatic hydroxyl groups is 1. The molecule has 0 radical (unpaired) electrons. The molecule has 2 aromatic rings. The fraction of sp³-hybridized carbons (Fsp3) is 0.381. The average molecular weight is 407 g/mol. The predicted molar refractivity (Wildman–Crippen MR) is 108 cm³/mol. The largest absolute Gasteiger partial charge is 0.504 e. The van der Waals surface area contributed by atoms with Gasteiger partial charge >= 0.3 is 0 Å². The second-order valence-corrected chi connectivity index (χ2v) is 7.45. The molecule has 0 aliphatic carbocycles. The first-order chi connectivity index (χ1) is 13.4. The molecule has 0 unspecified atom stereocenters. The Labute approximate surface area is 169 Å². The Kier molecular flexibility index (Phi) is 6.42. The molecule has 1 aliphatic rings. The second-order valence-electron chi connectivity index (χ2n) is 7.04. The van der Waals surface area contributed by atoms with Gasteiger partial charge in [0, 0.05) is 18.3 Å². The van der Waals surface area contributed by atoms with Gasteiger partial charge < -0.3 is 20.1 Å². The quantitative estimate of drug-likeness (QED) is 0.731. The summed E-state index contributed by atoms with van der Waals surface area (Å²) in [4.78, 5) is 14.3. The molecule has 1 heterocycles. The monoisotopic (exact) mass is 406 g/mol. The van der Waals surface area contributed by atoms with Gasteiger partial charge in [-0.3, -0.25) is 4.79 Å². The standard InChI is InChI=1S/C21H24ClFN2O3/c1-13(3-4-14-5-8-20(28-2)19(26)11-14)24-18-9-10-25(21(18)27)15-6-7-16(22)17(23)12-15/h5-8,11-13,18,24,26H,3-4,9-10H2,1-2H3/t13-,18+/m1/s1. The molecule has 3 rings (SSSR count). The van der Waals surface area contributed by atoms with Crippen molar-refractivity contribution >= 4 is 23.2 Å². The number of ether oxygens (including phenoxy) is 1. The molecule has 7 heteroatoms. The van der Waals surface area contributed by atoms with Crippen LogP contribution in [0.4, 0.5) is 10.1 Å². The zero-order valence-corrected chi connectivity index (χ0v) is 16.7. The summed E-state index contributed by atoms with van der Waals surface area (Å²) in [6.45, 7) is 2.57. The van der Waals surface area contributed by atoms with Gasteiger partial charge in [0.2, 0.25) is 5.91 Å². The number of phenolic OH excluding ortho intramolecular Hbond substituents is 1. The van der Waals surface area contributed by atoms with Crippen LogP contribution in [0.15, 0.2) is 36.4 Å². The number of hydrogen-bond donors (Lipinski definition) is 2. The zero-order valence-electron chi connectivity index (χ0n) is 15.9. The summed E-state index contributed by atoms with van der Waals surface area (Å²) in [5.41, 5.74) is 1.53. The summed E-state index contributed by atoms with van der Waals surface area (Å²) in [7, 11) is 1.51. The van der Waals surface area contributed by atoms with E-state index in [1.807, 2.05) is 13.0 Å². The number of nitrogens with one attached hydrogen (secondary N) is 1. The topological polar surface area (TPSA) is 61.8 Å². The summed E-state index contributed by atoms with van der Waals surface area (Å²) >= 11 is 5.72. The molecule has 1 fully saturated rings. The van der Waals surface area contributed by atoms with E-state index in [-0.39, 0.29) is 28.8 Å². The molecular formula is C21H24ClFN2O3. The van der Waals surface area contributed by atoms with Crippen LogP contribution < -0.4 is 15.0 Å². The molecule has 0 aromatic heterocycles. The van der Waals surface area contributed by atoms with E-state index >= 15 is 0 Å². The summed E-state index contributed by atoms with van der Waals surface area (Å²) in [5, 5.41) is 13.3. The first-order valence-corrected chi connectivity index (χ1v) is 9.65. The number of hydrogen-bond acceptors (Lipinski definition) is 4. The highest BCUT2D eigenvalue weighted by Crippen LogP contribution is 2.28. The SMILES string of the molecule is COc1ccc(CC[C@@H](C)N[C@H]2CCN(c3ccc(Cl)c(F)c3)C2=O)cc1O. The molecule has 1 saturated heterocycles. The van der Waals surface area contributed by atoms with Crippen molar-refractivity contribution in [2.45, 2.75) is 38.3 Å². The molecule has 0 bridgehead atoms. The van der Waals surface area contributed by atoms with Crippen molar-refractivity contribution in [1.82, 2.24) is 5.32 Å². The van der Waals surface area contributed by atoms with Crippen molar-refractivity contribution in [1.29, 1.82) is 0 Å². The number of rotatable bonds is 7. The molecule has 2 atom stereocenters. The third-order valence-electron chi connectivity index (χ3n) is 5.02. The minimum Gasteiger partial charge on any atom is -0.504 e. The molecule has 1 aliphatic heterocycles. The number of carbonyl (C=O) groups is 1. The maximum atomic E-state index is 13.7. The van der Waals surface area contributed by atoms with Crippen LogP contribution in [0, 0.1) is 5.82 Å². The highest BCUT2D eigenvalue weighted by Gasteiger charge is 2.33. The van der Waals surface area contributed by atoms with E-state index in [0.717, 1.165) is 18.4 Å². The van der Waals surface area contributed by atoms with Crippen LogP contribution in [-0.2, 0) is 11.2 Å². The van der Waals surface area contributed by atoms with Gasteiger partial charge in [-0.05, 0) is 62.1 Å². The van der Waals surface area contributed by atoms with E-state index in [1.165, 1.54) is 19.2 Å². The van der Waals surface area contributed by atoms with Gasteiger partial charge in [-0.25, -0.2) is 4.39 Å². The minimum atomic E-state index is -0.528. The normalized spacial score (nSPS) is 17.8. The number of phenols is 1. The maximum absolute atomic E-state index is 13.7. The third kappa shape index (κ3) is 4.56. The van der Waals surface area contributed by atoms with Gasteiger partial charge in [0.25, 0.3) is 0 Å². The van der Waals surface area contributed by atoms with E-state index < -0.39 is 5.82 Å². The molecule has 0 saturated carbocycles. The Hall–Kier alpha value is -2.31. The van der Waals surface area contributed by atoms with Gasteiger partial charge in [0.05, 0.1) is 18.2 Å². The number of amides is 1. The number of benzene rings is 2. The van der Waals surface area contributed by atoms with Crippen molar-refractivity contribution in [2.75, 3.05) is 18.6 Å². The van der Waals surface area contributed by atoms with Crippen LogP contribution in [0.25, 0.3) is 0 Å². The molecule has 1 amide bonds. The van der Waals surface area contributed by atoms with Gasteiger partial charge in [-0.15, -0.1) is 0 Å². The van der Waals surface area contributed by atoms with Crippen LogP contribution >= 0.6 is 11.6 Å². The first kappa shape index (κ1) is 20.4. The van der Waals surface area contributed by atoms with Crippen LogP contribution in [0.1, 0.15) is 25.3 Å². The highest BCUT2D eigenvalue weighted by molar-refractivity contribution is 6.30. The average Bonchev–Trinajstić information content (AvgIpc) is 3.03. The van der Waals surface area contributed by atoms with Crippen molar-refractivity contribution < 1.29 is 19.0 Å². The van der Waals surface area contributed by atoms with Gasteiger partial charge in [0.15, 0.2) is 11.5 Å².